The molecule has 0 radical (unpaired) electrons. The van der Waals surface area contributed by atoms with Crippen molar-refractivity contribution in [3.8, 4) is 11.8 Å². The van der Waals surface area contributed by atoms with E-state index in [0.717, 1.165) is 4.47 Å². The van der Waals surface area contributed by atoms with Crippen LogP contribution < -0.4 is 4.74 Å². The predicted molar refractivity (Wildman–Crippen MR) is 62.9 cm³/mol. The van der Waals surface area contributed by atoms with Gasteiger partial charge in [-0.15, -0.1) is 0 Å². The zero-order chi connectivity index (χ0) is 12.3. The number of nitro groups is 1. The summed E-state index contributed by atoms with van der Waals surface area (Å²) >= 11 is 3.19. The minimum Gasteiger partial charge on any atom is -0.424 e. The molecule has 0 saturated carbocycles. The van der Waals surface area contributed by atoms with Crippen LogP contribution in [-0.4, -0.2) is 14.9 Å². The molecule has 2 rings (SSSR count). The van der Waals surface area contributed by atoms with Crippen molar-refractivity contribution in [2.75, 3.05) is 0 Å². The van der Waals surface area contributed by atoms with Crippen molar-refractivity contribution >= 4 is 21.6 Å². The molecule has 0 atom stereocenters. The number of halogens is 1. The van der Waals surface area contributed by atoms with Crippen LogP contribution in [0.2, 0.25) is 0 Å². The highest BCUT2D eigenvalue weighted by molar-refractivity contribution is 9.10. The van der Waals surface area contributed by atoms with Crippen LogP contribution in [0.4, 0.5) is 5.69 Å². The molecular formula is C10H6BrN3O3. The molecule has 1 aromatic heterocycles. The Kier molecular flexibility index (Phi) is 3.29. The van der Waals surface area contributed by atoms with Crippen molar-refractivity contribution in [2.45, 2.75) is 0 Å². The predicted octanol–water partition coefficient (Wildman–Crippen LogP) is 2.94. The monoisotopic (exact) mass is 295 g/mol. The van der Waals surface area contributed by atoms with Crippen molar-refractivity contribution in [1.29, 1.82) is 0 Å². The Balaban J connectivity index is 2.21. The average molecular weight is 296 g/mol. The fourth-order valence-electron chi connectivity index (χ4n) is 1.12. The molecule has 0 N–H and O–H groups in total. The summed E-state index contributed by atoms with van der Waals surface area (Å²) in [4.78, 5) is 17.9. The third-order valence-corrected chi connectivity index (χ3v) is 2.24. The average Bonchev–Trinajstić information content (AvgIpc) is 2.32. The number of aromatic nitrogens is 2. The van der Waals surface area contributed by atoms with Gasteiger partial charge in [0.05, 0.1) is 15.5 Å². The van der Waals surface area contributed by atoms with Crippen LogP contribution in [0.15, 0.2) is 41.1 Å². The maximum Gasteiger partial charge on any atom is 0.321 e. The van der Waals surface area contributed by atoms with E-state index in [1.54, 1.807) is 6.07 Å². The first-order valence-corrected chi connectivity index (χ1v) is 5.34. The Morgan fingerprint density at radius 1 is 1.29 bits per heavy atom. The largest absolute Gasteiger partial charge is 0.424 e. The van der Waals surface area contributed by atoms with E-state index in [2.05, 4.69) is 25.9 Å². The highest BCUT2D eigenvalue weighted by Gasteiger charge is 2.07. The van der Waals surface area contributed by atoms with Crippen molar-refractivity contribution < 1.29 is 9.66 Å². The Morgan fingerprint density at radius 3 is 2.65 bits per heavy atom. The van der Waals surface area contributed by atoms with E-state index in [4.69, 9.17) is 4.74 Å². The lowest BCUT2D eigenvalue weighted by Crippen LogP contribution is -1.92. The van der Waals surface area contributed by atoms with Gasteiger partial charge in [0.2, 0.25) is 0 Å². The second-order valence-electron chi connectivity index (χ2n) is 3.04. The SMILES string of the molecule is O=[N+]([O-])c1cccc(Oc2ncc(Br)cn2)c1. The molecule has 0 fully saturated rings. The first-order chi connectivity index (χ1) is 8.15. The maximum atomic E-state index is 10.6. The standard InChI is InChI=1S/C10H6BrN3O3/c11-7-5-12-10(13-6-7)17-9-3-1-2-8(4-9)14(15)16/h1-6H. The topological polar surface area (TPSA) is 78.2 Å². The van der Waals surface area contributed by atoms with Gasteiger partial charge in [-0.05, 0) is 22.0 Å². The molecule has 0 aliphatic heterocycles. The van der Waals surface area contributed by atoms with Gasteiger partial charge < -0.3 is 4.74 Å². The van der Waals surface area contributed by atoms with Gasteiger partial charge in [-0.25, -0.2) is 9.97 Å². The minimum atomic E-state index is -0.491. The Bertz CT molecular complexity index is 545. The van der Waals surface area contributed by atoms with Gasteiger partial charge in [0.15, 0.2) is 0 Å². The van der Waals surface area contributed by atoms with Gasteiger partial charge in [-0.2, -0.15) is 0 Å². The van der Waals surface area contributed by atoms with E-state index in [0.29, 0.717) is 5.75 Å². The summed E-state index contributed by atoms with van der Waals surface area (Å²) in [5.41, 5.74) is -0.0420. The number of nitro benzene ring substituents is 1. The number of non-ortho nitro benzene ring substituents is 1. The molecule has 0 aliphatic rings. The molecule has 0 amide bonds. The maximum absolute atomic E-state index is 10.6. The highest BCUT2D eigenvalue weighted by Crippen LogP contribution is 2.22. The van der Waals surface area contributed by atoms with Crippen molar-refractivity contribution in [1.82, 2.24) is 9.97 Å². The fourth-order valence-corrected chi connectivity index (χ4v) is 1.32. The summed E-state index contributed by atoms with van der Waals surface area (Å²) in [6.07, 6.45) is 3.05. The molecule has 7 heteroatoms. The van der Waals surface area contributed by atoms with Crippen molar-refractivity contribution in [3.63, 3.8) is 0 Å². The van der Waals surface area contributed by atoms with Gasteiger partial charge in [0.25, 0.3) is 5.69 Å². The molecular weight excluding hydrogens is 290 g/mol. The van der Waals surface area contributed by atoms with E-state index in [1.165, 1.54) is 30.6 Å². The molecule has 0 bridgehead atoms. The van der Waals surface area contributed by atoms with Crippen molar-refractivity contribution in [2.24, 2.45) is 0 Å². The summed E-state index contributed by atoms with van der Waals surface area (Å²) < 4.78 is 6.00. The van der Waals surface area contributed by atoms with Crippen LogP contribution in [0, 0.1) is 10.1 Å². The smallest absolute Gasteiger partial charge is 0.321 e. The van der Waals surface area contributed by atoms with Gasteiger partial charge >= 0.3 is 6.01 Å². The quantitative estimate of drug-likeness (QED) is 0.642. The van der Waals surface area contributed by atoms with Gasteiger partial charge in [0.1, 0.15) is 5.75 Å². The highest BCUT2D eigenvalue weighted by atomic mass is 79.9. The van der Waals surface area contributed by atoms with E-state index >= 15 is 0 Å². The van der Waals surface area contributed by atoms with Crippen LogP contribution in [0.25, 0.3) is 0 Å². The Morgan fingerprint density at radius 2 is 2.00 bits per heavy atom. The van der Waals surface area contributed by atoms with Crippen LogP contribution >= 0.6 is 15.9 Å². The summed E-state index contributed by atoms with van der Waals surface area (Å²) in [5, 5.41) is 10.6. The van der Waals surface area contributed by atoms with E-state index < -0.39 is 4.92 Å². The lowest BCUT2D eigenvalue weighted by atomic mass is 10.3. The fraction of sp³-hybridized carbons (Fsp3) is 0. The zero-order valence-electron chi connectivity index (χ0n) is 8.41. The second-order valence-corrected chi connectivity index (χ2v) is 3.96. The normalized spacial score (nSPS) is 9.94. The van der Waals surface area contributed by atoms with E-state index in [9.17, 15) is 10.1 Å². The number of nitrogens with zero attached hydrogens (tertiary/aromatic N) is 3. The Labute approximate surface area is 105 Å². The molecule has 17 heavy (non-hydrogen) atoms. The van der Waals surface area contributed by atoms with Gasteiger partial charge in [-0.1, -0.05) is 6.07 Å². The Hall–Kier alpha value is -2.02. The summed E-state index contributed by atoms with van der Waals surface area (Å²) in [7, 11) is 0. The number of ether oxygens (including phenoxy) is 1. The molecule has 0 aliphatic carbocycles. The molecule has 0 spiro atoms. The molecule has 86 valence electrons. The summed E-state index contributed by atoms with van der Waals surface area (Å²) in [5.74, 6) is 0.321. The first kappa shape index (κ1) is 11.5. The minimum absolute atomic E-state index is 0.0420. The summed E-state index contributed by atoms with van der Waals surface area (Å²) in [6, 6.07) is 5.96. The lowest BCUT2D eigenvalue weighted by Gasteiger charge is -2.02. The zero-order valence-corrected chi connectivity index (χ0v) is 9.99. The molecule has 6 nitrogen and oxygen atoms in total. The lowest BCUT2D eigenvalue weighted by molar-refractivity contribution is -0.384. The number of hydrogen-bond acceptors (Lipinski definition) is 5. The molecule has 2 aromatic rings. The summed E-state index contributed by atoms with van der Waals surface area (Å²) in [6.45, 7) is 0. The molecule has 1 heterocycles. The van der Waals surface area contributed by atoms with E-state index in [-0.39, 0.29) is 11.7 Å². The second kappa shape index (κ2) is 4.88. The molecule has 0 unspecified atom stereocenters. The molecule has 0 saturated heterocycles. The van der Waals surface area contributed by atoms with Gasteiger partial charge in [-0.3, -0.25) is 10.1 Å². The number of rotatable bonds is 3. The third kappa shape index (κ3) is 2.97. The van der Waals surface area contributed by atoms with Crippen LogP contribution in [0.3, 0.4) is 0 Å². The molecule has 1 aromatic carbocycles. The number of benzene rings is 1. The first-order valence-electron chi connectivity index (χ1n) is 4.55. The van der Waals surface area contributed by atoms with Crippen LogP contribution in [0.5, 0.6) is 11.8 Å². The number of hydrogen-bond donors (Lipinski definition) is 0. The van der Waals surface area contributed by atoms with Crippen LogP contribution in [-0.2, 0) is 0 Å². The van der Waals surface area contributed by atoms with Crippen LogP contribution in [0.1, 0.15) is 0 Å². The van der Waals surface area contributed by atoms with Gasteiger partial charge in [0, 0.05) is 18.5 Å². The van der Waals surface area contributed by atoms with E-state index in [1.807, 2.05) is 0 Å². The third-order valence-electron chi connectivity index (χ3n) is 1.83. The van der Waals surface area contributed by atoms with Crippen molar-refractivity contribution in [3.05, 3.63) is 51.2 Å².